The molecular formula is C11H18N2OS. The summed E-state index contributed by atoms with van der Waals surface area (Å²) in [5.74, 6) is 1.09. The summed E-state index contributed by atoms with van der Waals surface area (Å²) in [5, 5.41) is 13.1. The minimum Gasteiger partial charge on any atom is -0.377 e. The highest BCUT2D eigenvalue weighted by molar-refractivity contribution is 8.00. The lowest BCUT2D eigenvalue weighted by Gasteiger charge is -2.27. The highest BCUT2D eigenvalue weighted by atomic mass is 32.2. The van der Waals surface area contributed by atoms with Gasteiger partial charge in [-0.2, -0.15) is 17.0 Å². The lowest BCUT2D eigenvalue weighted by atomic mass is 9.94. The van der Waals surface area contributed by atoms with Crippen molar-refractivity contribution in [1.82, 2.24) is 5.32 Å². The summed E-state index contributed by atoms with van der Waals surface area (Å²) in [5.41, 5.74) is -0.309. The Morgan fingerprint density at radius 2 is 2.53 bits per heavy atom. The van der Waals surface area contributed by atoms with Crippen molar-refractivity contribution < 1.29 is 4.74 Å². The molecule has 2 aliphatic heterocycles. The molecule has 0 saturated carbocycles. The summed E-state index contributed by atoms with van der Waals surface area (Å²) in [6.45, 7) is 3.86. The minimum absolute atomic E-state index is 0.309. The third kappa shape index (κ3) is 2.30. The van der Waals surface area contributed by atoms with Crippen molar-refractivity contribution in [3.8, 4) is 6.07 Å². The molecule has 0 spiro atoms. The fraction of sp³-hybridized carbons (Fsp3) is 0.909. The third-order valence-corrected chi connectivity index (χ3v) is 4.77. The van der Waals surface area contributed by atoms with Gasteiger partial charge in [-0.25, -0.2) is 0 Å². The molecule has 84 valence electrons. The van der Waals surface area contributed by atoms with Crippen LogP contribution in [0.4, 0.5) is 0 Å². The van der Waals surface area contributed by atoms with Gasteiger partial charge in [0.25, 0.3) is 0 Å². The van der Waals surface area contributed by atoms with Crippen LogP contribution in [0.3, 0.4) is 0 Å². The number of nitrogens with zero attached hydrogens (tertiary/aromatic N) is 1. The number of rotatable bonds is 3. The quantitative estimate of drug-likeness (QED) is 0.793. The Kier molecular flexibility index (Phi) is 3.55. The second kappa shape index (κ2) is 4.73. The number of ether oxygens (including phenoxy) is 1. The molecule has 2 rings (SSSR count). The zero-order valence-corrected chi connectivity index (χ0v) is 9.98. The summed E-state index contributed by atoms with van der Waals surface area (Å²) >= 11 is 1.89. The minimum atomic E-state index is -0.309. The maximum absolute atomic E-state index is 9.29. The molecule has 3 unspecified atom stereocenters. The van der Waals surface area contributed by atoms with Crippen molar-refractivity contribution in [2.75, 3.05) is 18.9 Å². The van der Waals surface area contributed by atoms with Gasteiger partial charge in [0.05, 0.1) is 12.2 Å². The molecule has 0 bridgehead atoms. The van der Waals surface area contributed by atoms with E-state index in [9.17, 15) is 5.26 Å². The second-order valence-corrected chi connectivity index (χ2v) is 5.81. The molecular weight excluding hydrogens is 208 g/mol. The van der Waals surface area contributed by atoms with Crippen molar-refractivity contribution in [2.45, 2.75) is 43.1 Å². The van der Waals surface area contributed by atoms with Gasteiger partial charge >= 0.3 is 0 Å². The molecule has 0 radical (unpaired) electrons. The van der Waals surface area contributed by atoms with E-state index in [1.165, 1.54) is 0 Å². The van der Waals surface area contributed by atoms with Crippen LogP contribution in [0.1, 0.15) is 26.2 Å². The van der Waals surface area contributed by atoms with Crippen LogP contribution in [0.2, 0.25) is 0 Å². The van der Waals surface area contributed by atoms with Gasteiger partial charge in [-0.05, 0) is 25.0 Å². The maximum atomic E-state index is 9.29. The van der Waals surface area contributed by atoms with Crippen LogP contribution in [0.25, 0.3) is 0 Å². The highest BCUT2D eigenvalue weighted by Crippen LogP contribution is 2.35. The topological polar surface area (TPSA) is 45.0 Å². The lowest BCUT2D eigenvalue weighted by Crippen LogP contribution is -2.50. The average molecular weight is 226 g/mol. The van der Waals surface area contributed by atoms with Crippen LogP contribution in [0.5, 0.6) is 0 Å². The van der Waals surface area contributed by atoms with Gasteiger partial charge < -0.3 is 4.74 Å². The normalized spacial score (nSPS) is 40.5. The van der Waals surface area contributed by atoms with Gasteiger partial charge in [0.2, 0.25) is 0 Å². The van der Waals surface area contributed by atoms with Crippen LogP contribution in [0, 0.1) is 11.3 Å². The summed E-state index contributed by atoms with van der Waals surface area (Å²) in [4.78, 5) is 0. The van der Waals surface area contributed by atoms with Crippen LogP contribution in [-0.2, 0) is 4.74 Å². The summed E-state index contributed by atoms with van der Waals surface area (Å²) < 4.78 is 5.56. The summed E-state index contributed by atoms with van der Waals surface area (Å²) in [6.07, 6.45) is 3.59. The first kappa shape index (κ1) is 11.3. The molecule has 0 aromatic rings. The van der Waals surface area contributed by atoms with E-state index in [0.29, 0.717) is 11.4 Å². The second-order valence-electron chi connectivity index (χ2n) is 4.36. The van der Waals surface area contributed by atoms with Crippen molar-refractivity contribution in [2.24, 2.45) is 0 Å². The Morgan fingerprint density at radius 3 is 3.07 bits per heavy atom. The van der Waals surface area contributed by atoms with E-state index in [1.54, 1.807) is 0 Å². The van der Waals surface area contributed by atoms with Gasteiger partial charge in [-0.3, -0.25) is 5.32 Å². The van der Waals surface area contributed by atoms with E-state index in [0.717, 1.165) is 38.2 Å². The zero-order chi connectivity index (χ0) is 10.7. The molecule has 0 aliphatic carbocycles. The van der Waals surface area contributed by atoms with Crippen molar-refractivity contribution in [3.63, 3.8) is 0 Å². The maximum Gasteiger partial charge on any atom is 0.119 e. The first-order valence-electron chi connectivity index (χ1n) is 5.66. The average Bonchev–Trinajstić information content (AvgIpc) is 2.85. The van der Waals surface area contributed by atoms with Gasteiger partial charge in [0.1, 0.15) is 5.54 Å². The summed E-state index contributed by atoms with van der Waals surface area (Å²) in [6, 6.07) is 2.46. The summed E-state index contributed by atoms with van der Waals surface area (Å²) in [7, 11) is 0. The Labute approximate surface area is 95.6 Å². The van der Waals surface area contributed by atoms with Crippen LogP contribution in [0.15, 0.2) is 0 Å². The first-order chi connectivity index (χ1) is 7.27. The van der Waals surface area contributed by atoms with Crippen molar-refractivity contribution >= 4 is 11.8 Å². The predicted molar refractivity (Wildman–Crippen MR) is 61.9 cm³/mol. The fourth-order valence-electron chi connectivity index (χ4n) is 2.26. The Bertz CT molecular complexity index is 260. The lowest BCUT2D eigenvalue weighted by molar-refractivity contribution is 0.104. The zero-order valence-electron chi connectivity index (χ0n) is 9.16. The standard InChI is InChI=1S/C11H18N2OS/c1-9-11(8-12,4-6-15-9)13-7-10-3-2-5-14-10/h9-10,13H,2-7H2,1H3. The van der Waals surface area contributed by atoms with Crippen LogP contribution < -0.4 is 5.32 Å². The van der Waals surface area contributed by atoms with Crippen LogP contribution >= 0.6 is 11.8 Å². The third-order valence-electron chi connectivity index (χ3n) is 3.43. The molecule has 2 heterocycles. The number of nitrogens with one attached hydrogen (secondary N) is 1. The van der Waals surface area contributed by atoms with Crippen molar-refractivity contribution in [1.29, 1.82) is 5.26 Å². The highest BCUT2D eigenvalue weighted by Gasteiger charge is 2.41. The number of thioether (sulfide) groups is 1. The van der Waals surface area contributed by atoms with E-state index in [4.69, 9.17) is 4.74 Å². The van der Waals surface area contributed by atoms with Gasteiger partial charge in [0.15, 0.2) is 0 Å². The van der Waals surface area contributed by atoms with E-state index in [-0.39, 0.29) is 5.54 Å². The first-order valence-corrected chi connectivity index (χ1v) is 6.71. The monoisotopic (exact) mass is 226 g/mol. The van der Waals surface area contributed by atoms with Crippen molar-refractivity contribution in [3.05, 3.63) is 0 Å². The molecule has 2 aliphatic rings. The number of hydrogen-bond acceptors (Lipinski definition) is 4. The largest absolute Gasteiger partial charge is 0.377 e. The predicted octanol–water partition coefficient (Wildman–Crippen LogP) is 1.54. The molecule has 1 N–H and O–H groups in total. The molecule has 2 fully saturated rings. The molecule has 0 aromatic carbocycles. The molecule has 0 aromatic heterocycles. The molecule has 0 amide bonds. The van der Waals surface area contributed by atoms with Gasteiger partial charge in [0, 0.05) is 18.4 Å². The van der Waals surface area contributed by atoms with Gasteiger partial charge in [-0.15, -0.1) is 0 Å². The fourth-order valence-corrected chi connectivity index (χ4v) is 3.59. The molecule has 15 heavy (non-hydrogen) atoms. The Hall–Kier alpha value is -0.240. The van der Waals surface area contributed by atoms with E-state index in [2.05, 4.69) is 18.3 Å². The van der Waals surface area contributed by atoms with Crippen LogP contribution in [-0.4, -0.2) is 35.8 Å². The smallest absolute Gasteiger partial charge is 0.119 e. The molecule has 4 heteroatoms. The SMILES string of the molecule is CC1SCCC1(C#N)NCC1CCCO1. The number of nitriles is 1. The van der Waals surface area contributed by atoms with Gasteiger partial charge in [-0.1, -0.05) is 6.92 Å². The Balaban J connectivity index is 1.88. The van der Waals surface area contributed by atoms with E-state index in [1.807, 2.05) is 11.8 Å². The molecule has 3 nitrogen and oxygen atoms in total. The number of hydrogen-bond donors (Lipinski definition) is 1. The molecule has 2 saturated heterocycles. The Morgan fingerprint density at radius 1 is 1.67 bits per heavy atom. The van der Waals surface area contributed by atoms with E-state index >= 15 is 0 Å². The molecule has 3 atom stereocenters. The van der Waals surface area contributed by atoms with E-state index < -0.39 is 0 Å².